The molecule has 0 unspecified atom stereocenters. The summed E-state index contributed by atoms with van der Waals surface area (Å²) in [7, 11) is 0. The molecule has 0 spiro atoms. The minimum Gasteiger partial charge on any atom is -0.508 e. The second-order valence-corrected chi connectivity index (χ2v) is 5.36. The summed E-state index contributed by atoms with van der Waals surface area (Å²) in [4.78, 5) is 4.50. The molecule has 2 aromatic carbocycles. The van der Waals surface area contributed by atoms with Crippen LogP contribution in [0.3, 0.4) is 0 Å². The van der Waals surface area contributed by atoms with E-state index in [0.717, 1.165) is 11.1 Å². The number of aromatic hydroxyl groups is 1. The number of ether oxygens (including phenoxy) is 1. The van der Waals surface area contributed by atoms with Crippen LogP contribution >= 0.6 is 0 Å². The fourth-order valence-electron chi connectivity index (χ4n) is 2.56. The first-order chi connectivity index (χ1) is 12.2. The second-order valence-electron chi connectivity index (χ2n) is 5.36. The lowest BCUT2D eigenvalue weighted by Crippen LogP contribution is -2.00. The van der Waals surface area contributed by atoms with Crippen molar-refractivity contribution in [1.82, 2.24) is 4.98 Å². The van der Waals surface area contributed by atoms with E-state index in [1.807, 2.05) is 36.4 Å². The quantitative estimate of drug-likeness (QED) is 0.697. The molecule has 0 aliphatic heterocycles. The van der Waals surface area contributed by atoms with Crippen molar-refractivity contribution in [3.05, 3.63) is 78.9 Å². The summed E-state index contributed by atoms with van der Waals surface area (Å²) in [6.45, 7) is 3.96. The molecular formula is C21H16N2O2. The van der Waals surface area contributed by atoms with Gasteiger partial charge in [0.2, 0.25) is 5.88 Å². The Labute approximate surface area is 146 Å². The maximum Gasteiger partial charge on any atom is 0.214 e. The van der Waals surface area contributed by atoms with E-state index in [0.29, 0.717) is 29.3 Å². The molecule has 0 aliphatic rings. The van der Waals surface area contributed by atoms with Gasteiger partial charge < -0.3 is 9.84 Å². The van der Waals surface area contributed by atoms with Gasteiger partial charge in [0.15, 0.2) is 0 Å². The van der Waals surface area contributed by atoms with Crippen molar-refractivity contribution in [2.75, 3.05) is 6.61 Å². The fourth-order valence-corrected chi connectivity index (χ4v) is 2.56. The van der Waals surface area contributed by atoms with Crippen LogP contribution in [0.4, 0.5) is 0 Å². The summed E-state index contributed by atoms with van der Waals surface area (Å²) in [5.74, 6) is 0.532. The van der Waals surface area contributed by atoms with Crippen LogP contribution in [0, 0.1) is 11.3 Å². The molecule has 0 radical (unpaired) electrons. The van der Waals surface area contributed by atoms with Crippen LogP contribution in [-0.2, 0) is 0 Å². The third-order valence-electron chi connectivity index (χ3n) is 3.66. The zero-order chi connectivity index (χ0) is 17.6. The summed E-state index contributed by atoms with van der Waals surface area (Å²) >= 11 is 0. The molecule has 0 aliphatic carbocycles. The summed E-state index contributed by atoms with van der Waals surface area (Å²) in [6.07, 6.45) is 1.64. The Morgan fingerprint density at radius 1 is 1.08 bits per heavy atom. The second kappa shape index (κ2) is 7.33. The number of hydrogen-bond donors (Lipinski definition) is 1. The molecule has 1 heterocycles. The predicted molar refractivity (Wildman–Crippen MR) is 97.2 cm³/mol. The molecule has 4 nitrogen and oxygen atoms in total. The average molecular weight is 328 g/mol. The number of aromatic nitrogens is 1. The van der Waals surface area contributed by atoms with Crippen LogP contribution < -0.4 is 4.74 Å². The fraction of sp³-hybridized carbons (Fsp3) is 0.0476. The Morgan fingerprint density at radius 2 is 1.84 bits per heavy atom. The highest BCUT2D eigenvalue weighted by Crippen LogP contribution is 2.34. The van der Waals surface area contributed by atoms with Crippen molar-refractivity contribution in [2.24, 2.45) is 0 Å². The van der Waals surface area contributed by atoms with Gasteiger partial charge in [0.1, 0.15) is 18.4 Å². The topological polar surface area (TPSA) is 66.1 Å². The lowest BCUT2D eigenvalue weighted by Gasteiger charge is -2.13. The van der Waals surface area contributed by atoms with Gasteiger partial charge in [-0.1, -0.05) is 55.1 Å². The van der Waals surface area contributed by atoms with Crippen molar-refractivity contribution in [2.45, 2.75) is 0 Å². The summed E-state index contributed by atoms with van der Waals surface area (Å²) in [5.41, 5.74) is 3.18. The normalized spacial score (nSPS) is 10.0. The Balaban J connectivity index is 2.25. The summed E-state index contributed by atoms with van der Waals surface area (Å²) in [6, 6.07) is 20.2. The molecule has 1 aromatic heterocycles. The van der Waals surface area contributed by atoms with Gasteiger partial charge in [-0.15, -0.1) is 0 Å². The van der Waals surface area contributed by atoms with Crippen molar-refractivity contribution >= 4 is 0 Å². The van der Waals surface area contributed by atoms with Crippen molar-refractivity contribution < 1.29 is 9.84 Å². The predicted octanol–water partition coefficient (Wildman–Crippen LogP) is 4.56. The van der Waals surface area contributed by atoms with Crippen LogP contribution in [0.2, 0.25) is 0 Å². The zero-order valence-electron chi connectivity index (χ0n) is 13.5. The third-order valence-corrected chi connectivity index (χ3v) is 3.66. The van der Waals surface area contributed by atoms with E-state index in [1.165, 1.54) is 0 Å². The summed E-state index contributed by atoms with van der Waals surface area (Å²) < 4.78 is 5.61. The van der Waals surface area contributed by atoms with Gasteiger partial charge in [-0.3, -0.25) is 0 Å². The maximum atomic E-state index is 9.79. The van der Waals surface area contributed by atoms with Crippen LogP contribution in [0.25, 0.3) is 22.4 Å². The number of phenolic OH excluding ortho intramolecular Hbond substituents is 1. The number of hydrogen-bond acceptors (Lipinski definition) is 4. The van der Waals surface area contributed by atoms with Crippen molar-refractivity contribution in [1.29, 1.82) is 5.26 Å². The lowest BCUT2D eigenvalue weighted by molar-refractivity contribution is 0.349. The van der Waals surface area contributed by atoms with E-state index in [2.05, 4.69) is 17.6 Å². The minimum absolute atomic E-state index is 0.132. The van der Waals surface area contributed by atoms with Crippen LogP contribution in [0.5, 0.6) is 11.6 Å². The number of nitriles is 1. The average Bonchev–Trinajstić information content (AvgIpc) is 2.66. The Kier molecular flexibility index (Phi) is 4.77. The van der Waals surface area contributed by atoms with E-state index in [-0.39, 0.29) is 5.75 Å². The van der Waals surface area contributed by atoms with E-state index in [1.54, 1.807) is 30.3 Å². The van der Waals surface area contributed by atoms with Gasteiger partial charge >= 0.3 is 0 Å². The van der Waals surface area contributed by atoms with Crippen LogP contribution in [-0.4, -0.2) is 16.7 Å². The smallest absolute Gasteiger partial charge is 0.214 e. The largest absolute Gasteiger partial charge is 0.508 e. The monoisotopic (exact) mass is 328 g/mol. The van der Waals surface area contributed by atoms with Crippen LogP contribution in [0.15, 0.2) is 73.3 Å². The molecule has 0 bridgehead atoms. The highest BCUT2D eigenvalue weighted by atomic mass is 16.5. The number of phenols is 1. The molecule has 0 saturated heterocycles. The molecule has 25 heavy (non-hydrogen) atoms. The van der Waals surface area contributed by atoms with Gasteiger partial charge in [-0.25, -0.2) is 4.98 Å². The standard InChI is InChI=1S/C21H16N2O2/c1-2-11-25-20-13-18(16-9-6-10-17(24)12-16)19(14-22)21(23-20)15-7-4-3-5-8-15/h2-10,12-13,24H,1,11H2. The minimum atomic E-state index is 0.132. The molecule has 3 aromatic rings. The Morgan fingerprint density at radius 3 is 2.52 bits per heavy atom. The third kappa shape index (κ3) is 3.51. The maximum absolute atomic E-state index is 9.79. The van der Waals surface area contributed by atoms with Gasteiger partial charge in [0.05, 0.1) is 11.3 Å². The summed E-state index contributed by atoms with van der Waals surface area (Å²) in [5, 5.41) is 19.5. The van der Waals surface area contributed by atoms with E-state index < -0.39 is 0 Å². The molecule has 0 amide bonds. The molecular weight excluding hydrogens is 312 g/mol. The molecule has 4 heteroatoms. The Hall–Kier alpha value is -3.58. The molecule has 0 saturated carbocycles. The van der Waals surface area contributed by atoms with Gasteiger partial charge in [-0.05, 0) is 17.7 Å². The first-order valence-corrected chi connectivity index (χ1v) is 7.76. The van der Waals surface area contributed by atoms with Gasteiger partial charge in [0, 0.05) is 17.2 Å². The molecule has 0 atom stereocenters. The first-order valence-electron chi connectivity index (χ1n) is 7.76. The molecule has 3 rings (SSSR count). The zero-order valence-corrected chi connectivity index (χ0v) is 13.5. The lowest BCUT2D eigenvalue weighted by atomic mass is 9.96. The van der Waals surface area contributed by atoms with Crippen molar-refractivity contribution in [3.63, 3.8) is 0 Å². The molecule has 1 N–H and O–H groups in total. The molecule has 0 fully saturated rings. The van der Waals surface area contributed by atoms with E-state index >= 15 is 0 Å². The SMILES string of the molecule is C=CCOc1cc(-c2cccc(O)c2)c(C#N)c(-c2ccccc2)n1. The molecule has 122 valence electrons. The Bertz CT molecular complexity index is 944. The van der Waals surface area contributed by atoms with Crippen molar-refractivity contribution in [3.8, 4) is 40.1 Å². The highest BCUT2D eigenvalue weighted by Gasteiger charge is 2.16. The van der Waals surface area contributed by atoms with E-state index in [4.69, 9.17) is 4.74 Å². The number of nitrogens with zero attached hydrogens (tertiary/aromatic N) is 2. The number of benzene rings is 2. The number of pyridine rings is 1. The first kappa shape index (κ1) is 16.3. The van der Waals surface area contributed by atoms with Gasteiger partial charge in [0.25, 0.3) is 0 Å². The number of rotatable bonds is 5. The van der Waals surface area contributed by atoms with Gasteiger partial charge in [-0.2, -0.15) is 5.26 Å². The highest BCUT2D eigenvalue weighted by molar-refractivity contribution is 5.81. The van der Waals surface area contributed by atoms with E-state index in [9.17, 15) is 10.4 Å². The van der Waals surface area contributed by atoms with Crippen LogP contribution in [0.1, 0.15) is 5.56 Å².